The predicted octanol–water partition coefficient (Wildman–Crippen LogP) is 3.59. The zero-order valence-electron chi connectivity index (χ0n) is 17.6. The van der Waals surface area contributed by atoms with Crippen molar-refractivity contribution in [3.63, 3.8) is 0 Å². The fraction of sp³-hybridized carbons (Fsp3) is 0.783. The second-order valence-electron chi connectivity index (χ2n) is 10.3. The summed E-state index contributed by atoms with van der Waals surface area (Å²) in [4.78, 5) is 22.3. The summed E-state index contributed by atoms with van der Waals surface area (Å²) >= 11 is 0. The van der Waals surface area contributed by atoms with Gasteiger partial charge in [-0.25, -0.2) is 4.98 Å². The van der Waals surface area contributed by atoms with Crippen LogP contribution in [0.1, 0.15) is 93.6 Å². The lowest BCUT2D eigenvalue weighted by Gasteiger charge is -2.58. The molecule has 5 aliphatic carbocycles. The molecule has 0 spiro atoms. The number of amides is 1. The van der Waals surface area contributed by atoms with E-state index in [2.05, 4.69) is 15.3 Å². The molecule has 6 rings (SSSR count). The van der Waals surface area contributed by atoms with Gasteiger partial charge in [-0.1, -0.05) is 12.8 Å². The first-order valence-electron chi connectivity index (χ1n) is 11.5. The predicted molar refractivity (Wildman–Crippen MR) is 109 cm³/mol. The minimum atomic E-state index is -0.480. The van der Waals surface area contributed by atoms with Gasteiger partial charge in [0.1, 0.15) is 0 Å². The Morgan fingerprint density at radius 2 is 1.90 bits per heavy atom. The molecule has 4 bridgehead atoms. The average Bonchev–Trinajstić information content (AvgIpc) is 3.17. The lowest BCUT2D eigenvalue weighted by Crippen LogP contribution is -2.61. The molecule has 0 radical (unpaired) electrons. The van der Waals surface area contributed by atoms with E-state index in [0.717, 1.165) is 50.6 Å². The van der Waals surface area contributed by atoms with Crippen molar-refractivity contribution in [3.05, 3.63) is 17.5 Å². The summed E-state index contributed by atoms with van der Waals surface area (Å²) in [7, 11) is 0. The van der Waals surface area contributed by atoms with Crippen molar-refractivity contribution in [1.82, 2.24) is 15.3 Å². The van der Waals surface area contributed by atoms with Crippen LogP contribution in [0.25, 0.3) is 0 Å². The molecule has 6 heteroatoms. The van der Waals surface area contributed by atoms with Gasteiger partial charge >= 0.3 is 6.01 Å². The lowest BCUT2D eigenvalue weighted by molar-refractivity contribution is -0.136. The van der Waals surface area contributed by atoms with E-state index in [1.165, 1.54) is 12.8 Å². The van der Waals surface area contributed by atoms with E-state index in [0.29, 0.717) is 35.2 Å². The van der Waals surface area contributed by atoms with Crippen LogP contribution in [0.3, 0.4) is 0 Å². The molecule has 0 saturated heterocycles. The maximum Gasteiger partial charge on any atom is 0.316 e. The summed E-state index contributed by atoms with van der Waals surface area (Å²) in [6.07, 6.45) is 11.1. The number of nitrogens with zero attached hydrogens (tertiary/aromatic N) is 2. The topological polar surface area (TPSA) is 84.3 Å². The van der Waals surface area contributed by atoms with Crippen LogP contribution in [0.2, 0.25) is 0 Å². The summed E-state index contributed by atoms with van der Waals surface area (Å²) in [5, 5.41) is 14.2. The number of nitrogens with one attached hydrogen (secondary N) is 1. The first kappa shape index (κ1) is 19.3. The molecular weight excluding hydrogens is 366 g/mol. The number of carbonyl (C=O) groups excluding carboxylic acids is 1. The Morgan fingerprint density at radius 3 is 2.52 bits per heavy atom. The van der Waals surface area contributed by atoms with Crippen molar-refractivity contribution in [2.24, 2.45) is 17.8 Å². The molecule has 5 saturated carbocycles. The third-order valence-corrected chi connectivity index (χ3v) is 7.66. The van der Waals surface area contributed by atoms with Gasteiger partial charge in [-0.15, -0.1) is 0 Å². The molecule has 2 atom stereocenters. The van der Waals surface area contributed by atoms with Crippen LogP contribution < -0.4 is 10.1 Å². The highest BCUT2D eigenvalue weighted by Gasteiger charge is 2.55. The van der Waals surface area contributed by atoms with Gasteiger partial charge in [0.2, 0.25) is 0 Å². The van der Waals surface area contributed by atoms with E-state index < -0.39 is 5.60 Å². The zero-order valence-corrected chi connectivity index (χ0v) is 17.6. The summed E-state index contributed by atoms with van der Waals surface area (Å²) in [5.41, 5.74) is 0.986. The Bertz CT molecular complexity index is 774. The standard InChI is InChI=1S/C23H33N3O3/c1-13(2)29-22-24-12-18(20(26-22)15-5-3-4-6-15)21(27)25-19-16-7-14-8-17(19)11-23(28,9-14)10-16/h12-17,19,28H,3-11H2,1-2H3,(H,25,27)/t14?,16?,17?,19-,23+. The fourth-order valence-electron chi connectivity index (χ4n) is 6.78. The second kappa shape index (κ2) is 7.22. The molecule has 0 aliphatic heterocycles. The molecule has 0 aromatic carbocycles. The number of rotatable bonds is 5. The maximum atomic E-state index is 13.3. The zero-order chi connectivity index (χ0) is 20.2. The molecule has 5 aliphatic rings. The number of carbonyl (C=O) groups is 1. The summed E-state index contributed by atoms with van der Waals surface area (Å²) in [6.45, 7) is 3.92. The molecule has 5 fully saturated rings. The molecule has 1 heterocycles. The number of aromatic nitrogens is 2. The molecule has 29 heavy (non-hydrogen) atoms. The largest absolute Gasteiger partial charge is 0.461 e. The van der Waals surface area contributed by atoms with E-state index >= 15 is 0 Å². The van der Waals surface area contributed by atoms with Crippen molar-refractivity contribution < 1.29 is 14.6 Å². The molecule has 2 N–H and O–H groups in total. The number of aliphatic hydroxyl groups is 1. The Labute approximate surface area is 172 Å². The normalized spacial score (nSPS) is 36.0. The van der Waals surface area contributed by atoms with Crippen molar-refractivity contribution in [3.8, 4) is 6.01 Å². The van der Waals surface area contributed by atoms with Crippen LogP contribution in [0.15, 0.2) is 6.20 Å². The van der Waals surface area contributed by atoms with Gasteiger partial charge in [-0.2, -0.15) is 4.98 Å². The first-order chi connectivity index (χ1) is 13.9. The van der Waals surface area contributed by atoms with E-state index in [-0.39, 0.29) is 18.1 Å². The van der Waals surface area contributed by atoms with Crippen LogP contribution in [0.4, 0.5) is 0 Å². The van der Waals surface area contributed by atoms with Crippen molar-refractivity contribution in [2.75, 3.05) is 0 Å². The Kier molecular flexibility index (Phi) is 4.80. The minimum Gasteiger partial charge on any atom is -0.461 e. The van der Waals surface area contributed by atoms with Crippen molar-refractivity contribution in [2.45, 2.75) is 95.3 Å². The SMILES string of the molecule is CC(C)Oc1ncc(C(=O)N[C@H]2C3CC4CC2C[C@@](O)(C4)C3)c(C2CCCC2)n1. The van der Waals surface area contributed by atoms with Crippen LogP contribution in [-0.4, -0.2) is 38.7 Å². The summed E-state index contributed by atoms with van der Waals surface area (Å²) < 4.78 is 5.71. The lowest BCUT2D eigenvalue weighted by atomic mass is 9.52. The highest BCUT2D eigenvalue weighted by atomic mass is 16.5. The van der Waals surface area contributed by atoms with E-state index in [1.54, 1.807) is 6.20 Å². The van der Waals surface area contributed by atoms with Gasteiger partial charge in [0.15, 0.2) is 0 Å². The van der Waals surface area contributed by atoms with Gasteiger partial charge in [0.05, 0.1) is 23.0 Å². The van der Waals surface area contributed by atoms with Crippen molar-refractivity contribution in [1.29, 1.82) is 0 Å². The molecule has 2 unspecified atom stereocenters. The van der Waals surface area contributed by atoms with Crippen LogP contribution in [0.5, 0.6) is 6.01 Å². The second-order valence-corrected chi connectivity index (χ2v) is 10.3. The molecule has 1 aromatic heterocycles. The Balaban J connectivity index is 1.38. The Morgan fingerprint density at radius 1 is 1.21 bits per heavy atom. The Hall–Kier alpha value is -1.69. The van der Waals surface area contributed by atoms with Gasteiger partial charge in [0, 0.05) is 18.2 Å². The molecule has 1 aromatic rings. The van der Waals surface area contributed by atoms with Gasteiger partial charge in [-0.05, 0) is 76.5 Å². The van der Waals surface area contributed by atoms with Crippen molar-refractivity contribution >= 4 is 5.91 Å². The molecule has 6 nitrogen and oxygen atoms in total. The maximum absolute atomic E-state index is 13.3. The van der Waals surface area contributed by atoms with Gasteiger partial charge in [-0.3, -0.25) is 4.79 Å². The van der Waals surface area contributed by atoms with Gasteiger partial charge in [0.25, 0.3) is 5.91 Å². The highest BCUT2D eigenvalue weighted by molar-refractivity contribution is 5.95. The third-order valence-electron chi connectivity index (χ3n) is 7.66. The minimum absolute atomic E-state index is 0.00459. The van der Waals surface area contributed by atoms with E-state index in [9.17, 15) is 9.90 Å². The van der Waals surface area contributed by atoms with Crippen LogP contribution in [0, 0.1) is 17.8 Å². The van der Waals surface area contributed by atoms with E-state index in [4.69, 9.17) is 4.74 Å². The number of hydrogen-bond donors (Lipinski definition) is 2. The average molecular weight is 400 g/mol. The van der Waals surface area contributed by atoms with E-state index in [1.807, 2.05) is 13.8 Å². The van der Waals surface area contributed by atoms with Crippen LogP contribution in [-0.2, 0) is 0 Å². The third kappa shape index (κ3) is 3.65. The molecular formula is C23H33N3O3. The summed E-state index contributed by atoms with van der Waals surface area (Å²) in [5.74, 6) is 1.69. The number of hydrogen-bond acceptors (Lipinski definition) is 5. The first-order valence-corrected chi connectivity index (χ1v) is 11.5. The monoisotopic (exact) mass is 399 g/mol. The molecule has 1 amide bonds. The number of ether oxygens (including phenoxy) is 1. The van der Waals surface area contributed by atoms with Gasteiger partial charge < -0.3 is 15.2 Å². The molecule has 158 valence electrons. The smallest absolute Gasteiger partial charge is 0.316 e. The fourth-order valence-corrected chi connectivity index (χ4v) is 6.78. The quantitative estimate of drug-likeness (QED) is 0.790. The highest BCUT2D eigenvalue weighted by Crippen LogP contribution is 2.55. The summed E-state index contributed by atoms with van der Waals surface area (Å²) in [6, 6.07) is 0.539. The van der Waals surface area contributed by atoms with Crippen LogP contribution >= 0.6 is 0 Å².